The van der Waals surface area contributed by atoms with E-state index in [1.807, 2.05) is 0 Å². The Morgan fingerprint density at radius 1 is 0.957 bits per heavy atom. The molecular weight excluding hydrogens is 286 g/mol. The van der Waals surface area contributed by atoms with Crippen molar-refractivity contribution in [2.75, 3.05) is 14.1 Å². The Hall–Kier alpha value is -0.570. The van der Waals surface area contributed by atoms with Gasteiger partial charge in [-0.25, -0.2) is 0 Å². The normalized spacial score (nSPS) is 24.4. The second-order valence-electron chi connectivity index (χ2n) is 7.73. The van der Waals surface area contributed by atoms with Crippen LogP contribution in [-0.2, 0) is 4.79 Å². The summed E-state index contributed by atoms with van der Waals surface area (Å²) in [5, 5.41) is 8.69. The average molecular weight is 326 g/mol. The van der Waals surface area contributed by atoms with Gasteiger partial charge in [0.15, 0.2) is 0 Å². The summed E-state index contributed by atoms with van der Waals surface area (Å²) in [6.45, 7) is 2.28. The first kappa shape index (κ1) is 20.5. The van der Waals surface area contributed by atoms with Gasteiger partial charge in [0.05, 0.1) is 0 Å². The predicted molar refractivity (Wildman–Crippen MR) is 97.8 cm³/mol. The summed E-state index contributed by atoms with van der Waals surface area (Å²) in [4.78, 5) is 13.0. The third-order valence-electron chi connectivity index (χ3n) is 5.70. The van der Waals surface area contributed by atoms with Gasteiger partial charge in [0.25, 0.3) is 0 Å². The molecule has 3 atom stereocenters. The predicted octanol–water partition coefficient (Wildman–Crippen LogP) is 5.34. The van der Waals surface area contributed by atoms with E-state index in [9.17, 15) is 4.79 Å². The summed E-state index contributed by atoms with van der Waals surface area (Å²) >= 11 is 0. The summed E-state index contributed by atoms with van der Waals surface area (Å²) in [5.74, 6) is 1.14. The van der Waals surface area contributed by atoms with Gasteiger partial charge in [-0.15, -0.1) is 0 Å². The number of hydrogen-bond donors (Lipinski definition) is 1. The van der Waals surface area contributed by atoms with E-state index >= 15 is 0 Å². The van der Waals surface area contributed by atoms with Crippen molar-refractivity contribution < 1.29 is 9.90 Å². The monoisotopic (exact) mass is 325 g/mol. The van der Waals surface area contributed by atoms with E-state index in [4.69, 9.17) is 5.11 Å². The Morgan fingerprint density at radius 3 is 2.26 bits per heavy atom. The number of hydrogen-bond acceptors (Lipinski definition) is 2. The first-order chi connectivity index (χ1) is 11.1. The maximum absolute atomic E-state index is 10.5. The van der Waals surface area contributed by atoms with Crippen molar-refractivity contribution in [2.45, 2.75) is 96.4 Å². The zero-order valence-corrected chi connectivity index (χ0v) is 15.7. The molecular formula is C20H39NO2. The van der Waals surface area contributed by atoms with Crippen molar-refractivity contribution >= 4 is 5.97 Å². The lowest BCUT2D eigenvalue weighted by Crippen LogP contribution is -2.33. The first-order valence-corrected chi connectivity index (χ1v) is 9.94. The average Bonchev–Trinajstić information content (AvgIpc) is 2.90. The van der Waals surface area contributed by atoms with Crippen LogP contribution in [0.2, 0.25) is 0 Å². The van der Waals surface area contributed by atoms with E-state index in [1.54, 1.807) is 0 Å². The molecule has 1 aliphatic rings. The Morgan fingerprint density at radius 2 is 1.61 bits per heavy atom. The van der Waals surface area contributed by atoms with Crippen molar-refractivity contribution in [3.05, 3.63) is 0 Å². The van der Waals surface area contributed by atoms with Crippen LogP contribution < -0.4 is 0 Å². The summed E-state index contributed by atoms with van der Waals surface area (Å²) in [6, 6.07) is 0.769. The fourth-order valence-electron chi connectivity index (χ4n) is 4.40. The molecule has 1 N–H and O–H groups in total. The summed E-state index contributed by atoms with van der Waals surface area (Å²) in [6.07, 6.45) is 15.8. The zero-order valence-electron chi connectivity index (χ0n) is 15.7. The number of nitrogens with zero attached hydrogens (tertiary/aromatic N) is 1. The van der Waals surface area contributed by atoms with Crippen molar-refractivity contribution in [3.63, 3.8) is 0 Å². The maximum atomic E-state index is 10.5. The van der Waals surface area contributed by atoms with E-state index in [1.165, 1.54) is 64.2 Å². The van der Waals surface area contributed by atoms with Gasteiger partial charge in [-0.1, -0.05) is 58.3 Å². The molecule has 0 aromatic rings. The summed E-state index contributed by atoms with van der Waals surface area (Å²) in [5.41, 5.74) is 0. The van der Waals surface area contributed by atoms with Crippen LogP contribution in [0.3, 0.4) is 0 Å². The Bertz CT molecular complexity index is 317. The second-order valence-corrected chi connectivity index (χ2v) is 7.73. The van der Waals surface area contributed by atoms with Gasteiger partial charge in [0, 0.05) is 12.5 Å². The highest BCUT2D eigenvalue weighted by Crippen LogP contribution is 2.40. The first-order valence-electron chi connectivity index (χ1n) is 9.94. The third kappa shape index (κ3) is 8.19. The quantitative estimate of drug-likeness (QED) is 0.465. The molecule has 1 aliphatic carbocycles. The lowest BCUT2D eigenvalue weighted by Gasteiger charge is -2.30. The van der Waals surface area contributed by atoms with Crippen molar-refractivity contribution in [1.29, 1.82) is 0 Å². The molecule has 0 aromatic heterocycles. The number of carboxylic acid groups (broad SMARTS) is 1. The highest BCUT2D eigenvalue weighted by molar-refractivity contribution is 5.66. The highest BCUT2D eigenvalue weighted by atomic mass is 16.4. The van der Waals surface area contributed by atoms with Crippen LogP contribution in [-0.4, -0.2) is 36.1 Å². The molecule has 3 heteroatoms. The molecule has 1 saturated carbocycles. The lowest BCUT2D eigenvalue weighted by atomic mass is 9.84. The molecule has 3 nitrogen and oxygen atoms in total. The van der Waals surface area contributed by atoms with Crippen LogP contribution in [0.1, 0.15) is 90.4 Å². The van der Waals surface area contributed by atoms with Gasteiger partial charge in [0.1, 0.15) is 0 Å². The van der Waals surface area contributed by atoms with Crippen LogP contribution in [0.25, 0.3) is 0 Å². The van der Waals surface area contributed by atoms with Gasteiger partial charge in [0.2, 0.25) is 0 Å². The number of carboxylic acids is 1. The van der Waals surface area contributed by atoms with E-state index in [2.05, 4.69) is 25.9 Å². The fraction of sp³-hybridized carbons (Fsp3) is 0.950. The SMILES string of the molecule is CCCCCC[C@H]1CCC(N(C)C)[C@@H]1CCCCCCC(=O)O. The van der Waals surface area contributed by atoms with Gasteiger partial charge in [-0.05, 0) is 51.6 Å². The van der Waals surface area contributed by atoms with Crippen molar-refractivity contribution in [3.8, 4) is 0 Å². The molecule has 136 valence electrons. The summed E-state index contributed by atoms with van der Waals surface area (Å²) in [7, 11) is 4.48. The number of unbranched alkanes of at least 4 members (excludes halogenated alkanes) is 6. The molecule has 1 rings (SSSR count). The van der Waals surface area contributed by atoms with Crippen LogP contribution >= 0.6 is 0 Å². The third-order valence-corrected chi connectivity index (χ3v) is 5.70. The van der Waals surface area contributed by atoms with Gasteiger partial charge in [-0.3, -0.25) is 4.79 Å². The molecule has 1 fully saturated rings. The molecule has 0 radical (unpaired) electrons. The van der Waals surface area contributed by atoms with E-state index in [0.29, 0.717) is 6.42 Å². The molecule has 0 saturated heterocycles. The Labute approximate surface area is 143 Å². The maximum Gasteiger partial charge on any atom is 0.303 e. The van der Waals surface area contributed by atoms with Crippen LogP contribution in [0.5, 0.6) is 0 Å². The van der Waals surface area contributed by atoms with Gasteiger partial charge < -0.3 is 10.0 Å². The minimum Gasteiger partial charge on any atom is -0.481 e. The molecule has 23 heavy (non-hydrogen) atoms. The molecule has 0 aliphatic heterocycles. The van der Waals surface area contributed by atoms with E-state index in [0.717, 1.165) is 30.7 Å². The minimum atomic E-state index is -0.652. The largest absolute Gasteiger partial charge is 0.481 e. The zero-order chi connectivity index (χ0) is 17.1. The molecule has 1 unspecified atom stereocenters. The van der Waals surface area contributed by atoms with Crippen LogP contribution in [0.15, 0.2) is 0 Å². The molecule has 0 bridgehead atoms. The molecule has 0 spiro atoms. The highest BCUT2D eigenvalue weighted by Gasteiger charge is 2.35. The molecule has 0 amide bonds. The molecule has 0 heterocycles. The van der Waals surface area contributed by atoms with Crippen molar-refractivity contribution in [1.82, 2.24) is 4.90 Å². The van der Waals surface area contributed by atoms with Crippen LogP contribution in [0, 0.1) is 11.8 Å². The summed E-state index contributed by atoms with van der Waals surface area (Å²) < 4.78 is 0. The Balaban J connectivity index is 2.30. The smallest absolute Gasteiger partial charge is 0.303 e. The Kier molecular flexibility index (Phi) is 10.6. The van der Waals surface area contributed by atoms with Crippen molar-refractivity contribution in [2.24, 2.45) is 11.8 Å². The number of carbonyl (C=O) groups is 1. The lowest BCUT2D eigenvalue weighted by molar-refractivity contribution is -0.137. The van der Waals surface area contributed by atoms with E-state index < -0.39 is 5.97 Å². The fourth-order valence-corrected chi connectivity index (χ4v) is 4.40. The topological polar surface area (TPSA) is 40.5 Å². The standard InChI is InChI=1S/C20H39NO2/c1-4-5-6-9-12-17-15-16-19(21(2)3)18(17)13-10-7-8-11-14-20(22)23/h17-19H,4-16H2,1-3H3,(H,22,23)/t17-,18+,19?/m0/s1. The van der Waals surface area contributed by atoms with E-state index in [-0.39, 0.29) is 0 Å². The number of rotatable bonds is 13. The van der Waals surface area contributed by atoms with Crippen LogP contribution in [0.4, 0.5) is 0 Å². The minimum absolute atomic E-state index is 0.337. The second kappa shape index (κ2) is 11.9. The van der Waals surface area contributed by atoms with Gasteiger partial charge in [-0.2, -0.15) is 0 Å². The number of aliphatic carboxylic acids is 1. The molecule has 0 aromatic carbocycles. The van der Waals surface area contributed by atoms with Gasteiger partial charge >= 0.3 is 5.97 Å².